The minimum absolute atomic E-state index is 0.221. The van der Waals surface area contributed by atoms with Crippen LogP contribution in [0.2, 0.25) is 0 Å². The number of likely N-dealkylation sites (N-methyl/N-ethyl adjacent to an activating group) is 1. The highest BCUT2D eigenvalue weighted by atomic mass is 15.3. The van der Waals surface area contributed by atoms with E-state index in [4.69, 9.17) is 0 Å². The van der Waals surface area contributed by atoms with Crippen molar-refractivity contribution in [2.45, 2.75) is 278 Å². The van der Waals surface area contributed by atoms with Crippen molar-refractivity contribution in [2.75, 3.05) is 52.1 Å². The number of benzene rings is 10. The quantitative estimate of drug-likeness (QED) is 0.0494. The maximum absolute atomic E-state index is 3.85. The van der Waals surface area contributed by atoms with Crippen molar-refractivity contribution in [3.05, 3.63) is 286 Å². The molecule has 0 spiro atoms. The van der Waals surface area contributed by atoms with E-state index in [1.807, 2.05) is 0 Å². The standard InChI is InChI=1S/4C21H28N2.2C17H26N2/c1-15(14-21(2,3)4)22-20-18-12-7-6-10-16(18)17-11-8-9-13-19(17)23(20)5;1-15(14-21(2,3)4)22-20-19-13-17-9-7-6-8-16(17)12-18(19)10-11-23(20)5;1-15(14-21(2,3)4)22-20-19-17(12-13-23(20)5)11-10-16-8-6-7-9-18(16)19;1-15(14-21(2,3)4)22-20-19-11-10-16-8-6-7-9-17(16)18(19)12-13-23(20)5;1-13(11-17(2,3)4)18-16-10-14-8-6-7-9-15(14)12-19(16)5;1-13(12-17(2,3)4)18-16-11-10-14-8-6-7-9-15(14)19(16)5/h4*6-13,15,20,22H,14H2,1-5H3;6-10,12-13,16,18H,11H2,1-5H3;6-11,13,16,18H,12H2,1-5H3/t4*15-,20?;2*13-,16?/m111111/s1. The van der Waals surface area contributed by atoms with Crippen LogP contribution in [-0.4, -0.2) is 110 Å². The van der Waals surface area contributed by atoms with Gasteiger partial charge in [0.25, 0.3) is 0 Å². The average Bonchev–Trinajstić information content (AvgIpc) is 0.765. The van der Waals surface area contributed by atoms with Crippen molar-refractivity contribution >= 4 is 80.3 Å². The van der Waals surface area contributed by atoms with Crippen molar-refractivity contribution in [3.63, 3.8) is 0 Å². The third-order valence-corrected chi connectivity index (χ3v) is 25.2. The van der Waals surface area contributed by atoms with Gasteiger partial charge in [0.05, 0.1) is 12.3 Å². The van der Waals surface area contributed by atoms with Crippen LogP contribution < -0.4 is 52.1 Å². The van der Waals surface area contributed by atoms with Crippen LogP contribution in [-0.2, 0) is 0 Å². The van der Waals surface area contributed by atoms with E-state index in [-0.39, 0.29) is 37.0 Å². The first-order chi connectivity index (χ1) is 61.1. The Balaban J connectivity index is 0.000000151. The Morgan fingerprint density at radius 1 is 0.285 bits per heavy atom. The van der Waals surface area contributed by atoms with Gasteiger partial charge in [-0.2, -0.15) is 0 Å². The van der Waals surface area contributed by atoms with Gasteiger partial charge in [-0.15, -0.1) is 0 Å². The first kappa shape index (κ1) is 101. The molecule has 0 aliphatic carbocycles. The van der Waals surface area contributed by atoms with Gasteiger partial charge in [-0.1, -0.05) is 313 Å². The lowest BCUT2D eigenvalue weighted by molar-refractivity contribution is 0.223. The van der Waals surface area contributed by atoms with Crippen LogP contribution in [0.25, 0.3) is 80.0 Å². The molecule has 0 fully saturated rings. The van der Waals surface area contributed by atoms with Crippen molar-refractivity contribution in [2.24, 2.45) is 32.5 Å². The van der Waals surface area contributed by atoms with Gasteiger partial charge < -0.3 is 29.4 Å². The second-order valence-corrected chi connectivity index (χ2v) is 45.7. The van der Waals surface area contributed by atoms with E-state index in [0.717, 1.165) is 25.7 Å². The lowest BCUT2D eigenvalue weighted by Crippen LogP contribution is -2.50. The summed E-state index contributed by atoms with van der Waals surface area (Å²) in [6, 6.07) is 76.9. The summed E-state index contributed by atoms with van der Waals surface area (Å²) in [7, 11) is 12.9. The number of fused-ring (bicyclic) bond motifs is 13. The van der Waals surface area contributed by atoms with Crippen molar-refractivity contribution in [1.82, 2.24) is 51.5 Å². The number of para-hydroxylation sites is 2. The molecule has 0 aromatic heterocycles. The third-order valence-electron chi connectivity index (χ3n) is 25.2. The molecule has 12 nitrogen and oxygen atoms in total. The third kappa shape index (κ3) is 28.4. The fraction of sp³-hybridized carbons (Fsp3) is 0.458. The SMILES string of the molecule is C[C@H](CC(C)(C)C)NC1C=Cc2ccccc2N1C.C[C@H](CC(C)(C)C)NC1C=c2ccccc2=CN1C.C[C@H](CC(C)(C)C)NC1c2c(ccc3ccccc23)C=CN1C.C[C@H](CC(C)(C)C)NC1c2cc3ccccc3cc2C=CN1C.C[C@H](CC(C)(C)C)NC1c2ccc3ccccc3c2C=CN1C.C[C@H](CC(C)(C)C)NC1c2ccccc2-c2ccccc2N1C. The number of rotatable bonds is 18. The van der Waals surface area contributed by atoms with Gasteiger partial charge in [0.1, 0.15) is 24.7 Å². The molecule has 16 rings (SSSR count). The summed E-state index contributed by atoms with van der Waals surface area (Å²) in [6.45, 7) is 55.1. The summed E-state index contributed by atoms with van der Waals surface area (Å²) in [4.78, 5) is 13.8. The van der Waals surface area contributed by atoms with Crippen molar-refractivity contribution < 1.29 is 0 Å². The molecule has 696 valence electrons. The molecule has 0 saturated carbocycles. The Morgan fingerprint density at radius 2 is 0.685 bits per heavy atom. The first-order valence-electron chi connectivity index (χ1n) is 48.4. The summed E-state index contributed by atoms with van der Waals surface area (Å²) in [5.74, 6) is 0. The molecular weight excluding hydrogens is 1590 g/mol. The second kappa shape index (κ2) is 43.3. The largest absolute Gasteiger partial charge is 0.361 e. The number of hydrogen-bond acceptors (Lipinski definition) is 12. The Kier molecular flexibility index (Phi) is 33.6. The van der Waals surface area contributed by atoms with Gasteiger partial charge in [0.15, 0.2) is 0 Å². The van der Waals surface area contributed by atoms with E-state index in [0.29, 0.717) is 68.7 Å². The van der Waals surface area contributed by atoms with Crippen molar-refractivity contribution in [1.29, 1.82) is 0 Å². The smallest absolute Gasteiger partial charge is 0.106 e. The molecule has 12 heteroatoms. The molecule has 0 amide bonds. The highest BCUT2D eigenvalue weighted by Crippen LogP contribution is 2.45. The summed E-state index contributed by atoms with van der Waals surface area (Å²) in [6.07, 6.45) is 30.7. The Hall–Kier alpha value is -9.76. The van der Waals surface area contributed by atoms with Gasteiger partial charge >= 0.3 is 0 Å². The monoisotopic (exact) mass is 1750 g/mol. The molecule has 6 heterocycles. The van der Waals surface area contributed by atoms with E-state index >= 15 is 0 Å². The van der Waals surface area contributed by atoms with Crippen LogP contribution in [0.1, 0.15) is 274 Å². The lowest BCUT2D eigenvalue weighted by Gasteiger charge is -2.40. The van der Waals surface area contributed by atoms with E-state index in [1.165, 1.54) is 123 Å². The van der Waals surface area contributed by atoms with Gasteiger partial charge in [-0.05, 0) is 254 Å². The fourth-order valence-corrected chi connectivity index (χ4v) is 20.4. The van der Waals surface area contributed by atoms with E-state index in [1.54, 1.807) is 0 Å². The predicted molar refractivity (Wildman–Crippen MR) is 567 cm³/mol. The molecule has 10 aromatic carbocycles. The zero-order chi connectivity index (χ0) is 94.5. The zero-order valence-corrected chi connectivity index (χ0v) is 85.3. The van der Waals surface area contributed by atoms with E-state index in [2.05, 4.69) is 537 Å². The molecule has 6 aliphatic heterocycles. The van der Waals surface area contributed by atoms with Crippen LogP contribution in [0.3, 0.4) is 0 Å². The van der Waals surface area contributed by atoms with Crippen LogP contribution >= 0.6 is 0 Å². The number of hydrogen-bond donors (Lipinski definition) is 6. The van der Waals surface area contributed by atoms with E-state index < -0.39 is 0 Å². The maximum atomic E-state index is 3.85. The minimum atomic E-state index is 0.221. The van der Waals surface area contributed by atoms with Crippen LogP contribution in [0, 0.1) is 32.5 Å². The van der Waals surface area contributed by atoms with Crippen LogP contribution in [0.5, 0.6) is 0 Å². The molecule has 0 bridgehead atoms. The molecule has 6 N–H and O–H groups in total. The molecule has 10 aromatic rings. The maximum Gasteiger partial charge on any atom is 0.106 e. The van der Waals surface area contributed by atoms with Crippen LogP contribution in [0.4, 0.5) is 11.4 Å². The van der Waals surface area contributed by atoms with Crippen molar-refractivity contribution in [3.8, 4) is 11.1 Å². The van der Waals surface area contributed by atoms with Gasteiger partial charge in [-0.3, -0.25) is 31.9 Å². The Labute approximate surface area is 786 Å². The zero-order valence-electron chi connectivity index (χ0n) is 85.3. The van der Waals surface area contributed by atoms with Crippen LogP contribution in [0.15, 0.2) is 231 Å². The molecular formula is C118H164N12. The average molecular weight is 1750 g/mol. The molecule has 130 heavy (non-hydrogen) atoms. The van der Waals surface area contributed by atoms with Gasteiger partial charge in [0, 0.05) is 126 Å². The minimum Gasteiger partial charge on any atom is -0.361 e. The van der Waals surface area contributed by atoms with Gasteiger partial charge in [0.2, 0.25) is 0 Å². The molecule has 0 saturated heterocycles. The normalized spacial score (nSPS) is 19.2. The summed E-state index contributed by atoms with van der Waals surface area (Å²) in [5.41, 5.74) is 18.1. The molecule has 6 aliphatic rings. The van der Waals surface area contributed by atoms with Gasteiger partial charge in [-0.25, -0.2) is 0 Å². The number of anilines is 2. The summed E-state index contributed by atoms with van der Waals surface area (Å²) < 4.78 is 0. The Bertz CT molecular complexity index is 5590. The Morgan fingerprint density at radius 3 is 1.25 bits per heavy atom. The predicted octanol–water partition coefficient (Wildman–Crippen LogP) is 26.5. The topological polar surface area (TPSA) is 91.6 Å². The second-order valence-electron chi connectivity index (χ2n) is 45.7. The number of nitrogens with zero attached hydrogens (tertiary/aromatic N) is 6. The molecule has 12 atom stereocenters. The van der Waals surface area contributed by atoms with E-state index in [9.17, 15) is 0 Å². The molecule has 6 unspecified atom stereocenters. The highest BCUT2D eigenvalue weighted by molar-refractivity contribution is 5.93. The molecule has 0 radical (unpaired) electrons. The fourth-order valence-electron chi connectivity index (χ4n) is 20.4. The lowest BCUT2D eigenvalue weighted by atomic mass is 9.87. The first-order valence-corrected chi connectivity index (χ1v) is 48.4. The summed E-state index contributed by atoms with van der Waals surface area (Å²) in [5, 5.41) is 33.3. The number of nitrogens with one attached hydrogen (secondary N) is 6. The summed E-state index contributed by atoms with van der Waals surface area (Å²) >= 11 is 0. The highest BCUT2D eigenvalue weighted by Gasteiger charge is 2.34.